The van der Waals surface area contributed by atoms with Gasteiger partial charge in [0.15, 0.2) is 0 Å². The van der Waals surface area contributed by atoms with E-state index in [1.807, 2.05) is 116 Å². The number of hydrogen-bond donors (Lipinski definition) is 3. The highest BCUT2D eigenvalue weighted by Gasteiger charge is 2.23. The van der Waals surface area contributed by atoms with Crippen LogP contribution in [0.4, 0.5) is 11.4 Å². The Morgan fingerprint density at radius 1 is 0.667 bits per heavy atom. The first kappa shape index (κ1) is 35.0. The Kier molecular flexibility index (Phi) is 11.4. The fraction of sp³-hybridized carbons (Fsp3) is 0.0465. The van der Waals surface area contributed by atoms with E-state index in [-0.39, 0.29) is 11.6 Å². The molecule has 8 heteroatoms. The van der Waals surface area contributed by atoms with Crippen molar-refractivity contribution in [1.82, 2.24) is 5.32 Å². The lowest BCUT2D eigenvalue weighted by Crippen LogP contribution is -2.30. The SMILES string of the molecule is Cc1ccc(Cl)cc1NC(=O)C(Sc1ccc(NC(=O)/C(=C/c2ccc(-c3ccccc3)cc2)NC(=O)c2ccccc2)cc1)c1ccccc1. The zero-order valence-electron chi connectivity index (χ0n) is 27.7. The molecule has 1 atom stereocenters. The van der Waals surface area contributed by atoms with Gasteiger partial charge in [-0.25, -0.2) is 0 Å². The number of nitrogens with one attached hydrogen (secondary N) is 3. The molecule has 1 unspecified atom stereocenters. The zero-order chi connectivity index (χ0) is 35.6. The Labute approximate surface area is 306 Å². The van der Waals surface area contributed by atoms with Crippen molar-refractivity contribution in [2.24, 2.45) is 0 Å². The van der Waals surface area contributed by atoms with Crippen molar-refractivity contribution in [3.8, 4) is 11.1 Å². The van der Waals surface area contributed by atoms with Crippen LogP contribution in [0.25, 0.3) is 17.2 Å². The summed E-state index contributed by atoms with van der Waals surface area (Å²) >= 11 is 7.60. The second kappa shape index (κ2) is 16.7. The summed E-state index contributed by atoms with van der Waals surface area (Å²) in [6.45, 7) is 1.92. The summed E-state index contributed by atoms with van der Waals surface area (Å²) in [5, 5.41) is 8.73. The van der Waals surface area contributed by atoms with Crippen LogP contribution in [0.5, 0.6) is 0 Å². The fourth-order valence-electron chi connectivity index (χ4n) is 5.29. The third kappa shape index (κ3) is 9.42. The van der Waals surface area contributed by atoms with E-state index >= 15 is 0 Å². The Morgan fingerprint density at radius 3 is 1.94 bits per heavy atom. The Bertz CT molecular complexity index is 2160. The van der Waals surface area contributed by atoms with E-state index in [9.17, 15) is 14.4 Å². The quantitative estimate of drug-likeness (QED) is 0.0924. The van der Waals surface area contributed by atoms with Gasteiger partial charge in [0.05, 0.1) is 0 Å². The number of halogens is 1. The van der Waals surface area contributed by atoms with Gasteiger partial charge < -0.3 is 16.0 Å². The average molecular weight is 708 g/mol. The number of amides is 3. The minimum absolute atomic E-state index is 0.0897. The average Bonchev–Trinajstić information content (AvgIpc) is 3.17. The highest BCUT2D eigenvalue weighted by molar-refractivity contribution is 8.00. The van der Waals surface area contributed by atoms with Gasteiger partial charge in [-0.3, -0.25) is 14.4 Å². The van der Waals surface area contributed by atoms with Crippen molar-refractivity contribution in [3.05, 3.63) is 191 Å². The molecule has 0 bridgehead atoms. The number of carbonyl (C=O) groups is 3. The predicted molar refractivity (Wildman–Crippen MR) is 209 cm³/mol. The van der Waals surface area contributed by atoms with Gasteiger partial charge in [0.1, 0.15) is 10.9 Å². The van der Waals surface area contributed by atoms with Crippen molar-refractivity contribution in [3.63, 3.8) is 0 Å². The molecule has 0 saturated heterocycles. The van der Waals surface area contributed by atoms with E-state index < -0.39 is 17.1 Å². The van der Waals surface area contributed by atoms with Crippen molar-refractivity contribution >= 4 is 58.5 Å². The van der Waals surface area contributed by atoms with E-state index in [0.29, 0.717) is 22.0 Å². The maximum Gasteiger partial charge on any atom is 0.272 e. The highest BCUT2D eigenvalue weighted by Crippen LogP contribution is 2.37. The van der Waals surface area contributed by atoms with Crippen molar-refractivity contribution < 1.29 is 14.4 Å². The van der Waals surface area contributed by atoms with Gasteiger partial charge in [0, 0.05) is 26.9 Å². The van der Waals surface area contributed by atoms with Crippen LogP contribution in [-0.4, -0.2) is 17.7 Å². The van der Waals surface area contributed by atoms with Crippen LogP contribution < -0.4 is 16.0 Å². The molecule has 0 aromatic heterocycles. The van der Waals surface area contributed by atoms with Gasteiger partial charge in [-0.2, -0.15) is 0 Å². The minimum atomic E-state index is -0.555. The van der Waals surface area contributed by atoms with Crippen LogP contribution in [-0.2, 0) is 9.59 Å². The molecule has 0 fully saturated rings. The third-order valence-electron chi connectivity index (χ3n) is 8.02. The summed E-state index contributed by atoms with van der Waals surface area (Å²) in [5.74, 6) is -1.07. The lowest BCUT2D eigenvalue weighted by atomic mass is 10.0. The van der Waals surface area contributed by atoms with Crippen LogP contribution in [0.15, 0.2) is 168 Å². The summed E-state index contributed by atoms with van der Waals surface area (Å²) in [4.78, 5) is 41.3. The molecule has 3 amide bonds. The number of rotatable bonds is 11. The highest BCUT2D eigenvalue weighted by atomic mass is 35.5. The number of aryl methyl sites for hydroxylation is 1. The van der Waals surface area contributed by atoms with Gasteiger partial charge in [-0.1, -0.05) is 121 Å². The van der Waals surface area contributed by atoms with Gasteiger partial charge in [0.25, 0.3) is 11.8 Å². The van der Waals surface area contributed by atoms with E-state index in [1.165, 1.54) is 11.8 Å². The molecule has 0 radical (unpaired) electrons. The minimum Gasteiger partial charge on any atom is -0.325 e. The normalized spacial score (nSPS) is 11.7. The zero-order valence-corrected chi connectivity index (χ0v) is 29.2. The molecule has 0 heterocycles. The Balaban J connectivity index is 1.20. The second-order valence-corrected chi connectivity index (χ2v) is 13.3. The standard InChI is InChI=1S/C43H34ClN3O3S/c1-29-17-22-35(44)28-38(29)46-43(50)40(33-13-7-3-8-14-33)51-37-25-23-36(24-26-37)45-42(49)39(47-41(48)34-15-9-4-10-16-34)27-30-18-20-32(21-19-30)31-11-5-2-6-12-31/h2-28,40H,1H3,(H,45,49)(H,46,50)(H,47,48)/b39-27-. The number of benzene rings is 6. The van der Waals surface area contributed by atoms with Crippen LogP contribution in [0.2, 0.25) is 5.02 Å². The maximum atomic E-state index is 13.7. The maximum absolute atomic E-state index is 13.7. The van der Waals surface area contributed by atoms with Crippen LogP contribution >= 0.6 is 23.4 Å². The van der Waals surface area contributed by atoms with E-state index in [4.69, 9.17) is 11.6 Å². The summed E-state index contributed by atoms with van der Waals surface area (Å²) < 4.78 is 0. The predicted octanol–water partition coefficient (Wildman–Crippen LogP) is 10.2. The molecule has 0 spiro atoms. The molecular formula is C43H34ClN3O3S. The first-order chi connectivity index (χ1) is 24.8. The topological polar surface area (TPSA) is 87.3 Å². The van der Waals surface area contributed by atoms with Crippen molar-refractivity contribution in [1.29, 1.82) is 0 Å². The van der Waals surface area contributed by atoms with Gasteiger partial charge in [-0.05, 0) is 89.3 Å². The number of carbonyl (C=O) groups excluding carboxylic acids is 3. The largest absolute Gasteiger partial charge is 0.325 e. The molecule has 6 nitrogen and oxygen atoms in total. The molecule has 3 N–H and O–H groups in total. The fourth-order valence-corrected chi connectivity index (χ4v) is 6.49. The molecular weight excluding hydrogens is 674 g/mol. The van der Waals surface area contributed by atoms with Gasteiger partial charge in [0.2, 0.25) is 5.91 Å². The Hall–Kier alpha value is -5.89. The number of thioether (sulfide) groups is 1. The first-order valence-electron chi connectivity index (χ1n) is 16.3. The lowest BCUT2D eigenvalue weighted by Gasteiger charge is -2.18. The number of anilines is 2. The molecule has 6 aromatic rings. The molecule has 51 heavy (non-hydrogen) atoms. The van der Waals surface area contributed by atoms with Crippen molar-refractivity contribution in [2.75, 3.05) is 10.6 Å². The van der Waals surface area contributed by atoms with E-state index in [2.05, 4.69) is 16.0 Å². The summed E-state index contributed by atoms with van der Waals surface area (Å²) in [6.07, 6.45) is 1.65. The second-order valence-electron chi connectivity index (χ2n) is 11.7. The monoisotopic (exact) mass is 707 g/mol. The van der Waals surface area contributed by atoms with E-state index in [0.717, 1.165) is 32.7 Å². The van der Waals surface area contributed by atoms with Gasteiger partial charge in [-0.15, -0.1) is 11.8 Å². The molecule has 6 rings (SSSR count). The first-order valence-corrected chi connectivity index (χ1v) is 17.5. The molecule has 252 valence electrons. The molecule has 0 saturated carbocycles. The smallest absolute Gasteiger partial charge is 0.272 e. The molecule has 0 aliphatic heterocycles. The third-order valence-corrected chi connectivity index (χ3v) is 9.52. The molecule has 0 aliphatic rings. The van der Waals surface area contributed by atoms with Crippen LogP contribution in [0.1, 0.15) is 32.3 Å². The number of hydrogen-bond acceptors (Lipinski definition) is 4. The summed E-state index contributed by atoms with van der Waals surface area (Å²) in [7, 11) is 0. The molecule has 0 aliphatic carbocycles. The van der Waals surface area contributed by atoms with Crippen molar-refractivity contribution in [2.45, 2.75) is 17.1 Å². The molecule has 6 aromatic carbocycles. The summed E-state index contributed by atoms with van der Waals surface area (Å²) in [5.41, 5.74) is 6.32. The van der Waals surface area contributed by atoms with Crippen LogP contribution in [0.3, 0.4) is 0 Å². The van der Waals surface area contributed by atoms with Gasteiger partial charge >= 0.3 is 0 Å². The van der Waals surface area contributed by atoms with E-state index in [1.54, 1.807) is 54.6 Å². The summed E-state index contributed by atoms with van der Waals surface area (Å²) in [6, 6.07) is 48.7. The lowest BCUT2D eigenvalue weighted by molar-refractivity contribution is -0.116. The Morgan fingerprint density at radius 2 is 1.27 bits per heavy atom. The van der Waals surface area contributed by atoms with Crippen LogP contribution in [0, 0.1) is 6.92 Å².